The van der Waals surface area contributed by atoms with Gasteiger partial charge in [-0.1, -0.05) is 60.7 Å². The Kier molecular flexibility index (Phi) is 4.52. The van der Waals surface area contributed by atoms with Crippen LogP contribution in [-0.2, 0) is 13.0 Å². The Balaban J connectivity index is 2.06. The average Bonchev–Trinajstić information content (AvgIpc) is 2.85. The van der Waals surface area contributed by atoms with Crippen LogP contribution < -0.4 is 5.73 Å². The Bertz CT molecular complexity index is 849. The molecule has 0 saturated heterocycles. The average molecular weight is 318 g/mol. The predicted molar refractivity (Wildman–Crippen MR) is 98.0 cm³/mol. The third-order valence-electron chi connectivity index (χ3n) is 4.53. The van der Waals surface area contributed by atoms with Gasteiger partial charge in [-0.15, -0.1) is 0 Å². The van der Waals surface area contributed by atoms with Gasteiger partial charge in [-0.25, -0.2) is 0 Å². The lowest BCUT2D eigenvalue weighted by molar-refractivity contribution is 0.0999. The molecule has 1 heterocycles. The molecule has 0 fully saturated rings. The molecule has 0 bridgehead atoms. The molecule has 0 spiro atoms. The highest BCUT2D eigenvalue weighted by Gasteiger charge is 2.21. The Morgan fingerprint density at radius 3 is 2.12 bits per heavy atom. The fraction of sp³-hybridized carbons (Fsp3) is 0.190. The van der Waals surface area contributed by atoms with E-state index in [0.29, 0.717) is 5.56 Å². The number of hydrogen-bond donors (Lipinski definition) is 1. The van der Waals surface area contributed by atoms with E-state index in [9.17, 15) is 4.79 Å². The summed E-state index contributed by atoms with van der Waals surface area (Å²) in [6.45, 7) is 4.77. The van der Waals surface area contributed by atoms with Crippen molar-refractivity contribution < 1.29 is 4.79 Å². The molecule has 3 aromatic rings. The quantitative estimate of drug-likeness (QED) is 0.756. The van der Waals surface area contributed by atoms with Crippen molar-refractivity contribution in [2.45, 2.75) is 26.8 Å². The van der Waals surface area contributed by atoms with Crippen LogP contribution in [0.1, 0.15) is 27.2 Å². The molecular formula is C21H22N2O. The summed E-state index contributed by atoms with van der Waals surface area (Å²) in [6, 6.07) is 20.6. The third kappa shape index (κ3) is 2.98. The summed E-state index contributed by atoms with van der Waals surface area (Å²) >= 11 is 0. The van der Waals surface area contributed by atoms with Crippen LogP contribution in [0.25, 0.3) is 11.3 Å². The number of nitrogens with two attached hydrogens (primary N) is 1. The summed E-state index contributed by atoms with van der Waals surface area (Å²) in [7, 11) is 0. The number of carbonyl (C=O) groups excluding carboxylic acids is 1. The summed E-state index contributed by atoms with van der Waals surface area (Å²) < 4.78 is 2.22. The van der Waals surface area contributed by atoms with Gasteiger partial charge in [-0.3, -0.25) is 4.79 Å². The van der Waals surface area contributed by atoms with Crippen LogP contribution in [0.4, 0.5) is 0 Å². The van der Waals surface area contributed by atoms with Gasteiger partial charge >= 0.3 is 0 Å². The fourth-order valence-electron chi connectivity index (χ4n) is 3.39. The normalized spacial score (nSPS) is 10.8. The van der Waals surface area contributed by atoms with Crippen molar-refractivity contribution in [3.05, 3.63) is 83.0 Å². The lowest BCUT2D eigenvalue weighted by Crippen LogP contribution is -2.13. The van der Waals surface area contributed by atoms with Gasteiger partial charge < -0.3 is 10.3 Å². The second kappa shape index (κ2) is 6.75. The smallest absolute Gasteiger partial charge is 0.250 e. The number of aromatic nitrogens is 1. The second-order valence-corrected chi connectivity index (χ2v) is 6.05. The van der Waals surface area contributed by atoms with Gasteiger partial charge in [0.1, 0.15) is 0 Å². The van der Waals surface area contributed by atoms with E-state index in [-0.39, 0.29) is 5.91 Å². The number of amides is 1. The maximum absolute atomic E-state index is 11.9. The zero-order chi connectivity index (χ0) is 17.1. The van der Waals surface area contributed by atoms with Crippen molar-refractivity contribution in [1.82, 2.24) is 4.57 Å². The van der Waals surface area contributed by atoms with E-state index < -0.39 is 0 Å². The summed E-state index contributed by atoms with van der Waals surface area (Å²) in [5, 5.41) is 0. The molecule has 24 heavy (non-hydrogen) atoms. The number of nitrogens with zero attached hydrogens (tertiary/aromatic N) is 1. The highest BCUT2D eigenvalue weighted by molar-refractivity contribution is 5.97. The number of benzene rings is 2. The minimum atomic E-state index is -0.361. The van der Waals surface area contributed by atoms with Gasteiger partial charge in [0.2, 0.25) is 0 Å². The number of carbonyl (C=O) groups is 1. The molecule has 0 aliphatic heterocycles. The van der Waals surface area contributed by atoms with Crippen LogP contribution in [0, 0.1) is 13.8 Å². The van der Waals surface area contributed by atoms with Gasteiger partial charge in [-0.2, -0.15) is 0 Å². The van der Waals surface area contributed by atoms with Crippen LogP contribution in [-0.4, -0.2) is 10.5 Å². The van der Waals surface area contributed by atoms with E-state index in [2.05, 4.69) is 41.0 Å². The lowest BCUT2D eigenvalue weighted by Gasteiger charge is -2.13. The van der Waals surface area contributed by atoms with Crippen LogP contribution in [0.2, 0.25) is 0 Å². The van der Waals surface area contributed by atoms with Crippen molar-refractivity contribution in [2.75, 3.05) is 0 Å². The standard InChI is InChI=1S/C21H22N2O/c1-15-19(21(22)24)16(2)23(14-13-17-9-5-3-6-10-17)20(15)18-11-7-4-8-12-18/h3-12H,13-14H2,1-2H3,(H2,22,24). The Morgan fingerprint density at radius 2 is 1.54 bits per heavy atom. The minimum Gasteiger partial charge on any atom is -0.366 e. The largest absolute Gasteiger partial charge is 0.366 e. The summed E-state index contributed by atoms with van der Waals surface area (Å²) in [6.07, 6.45) is 0.911. The molecule has 0 saturated carbocycles. The first kappa shape index (κ1) is 16.1. The molecule has 1 aromatic heterocycles. The van der Waals surface area contributed by atoms with E-state index in [1.165, 1.54) is 5.56 Å². The van der Waals surface area contributed by atoms with Gasteiger partial charge in [0.25, 0.3) is 5.91 Å². The maximum atomic E-state index is 11.9. The number of hydrogen-bond acceptors (Lipinski definition) is 1. The molecule has 2 N–H and O–H groups in total. The van der Waals surface area contributed by atoms with E-state index in [0.717, 1.165) is 35.5 Å². The highest BCUT2D eigenvalue weighted by Crippen LogP contribution is 2.31. The molecule has 0 aliphatic rings. The topological polar surface area (TPSA) is 48.0 Å². The molecule has 0 unspecified atom stereocenters. The van der Waals surface area contributed by atoms with Crippen LogP contribution in [0.3, 0.4) is 0 Å². The molecule has 0 atom stereocenters. The molecular weight excluding hydrogens is 296 g/mol. The van der Waals surface area contributed by atoms with Crippen LogP contribution >= 0.6 is 0 Å². The first-order chi connectivity index (χ1) is 11.6. The number of aryl methyl sites for hydroxylation is 1. The molecule has 1 amide bonds. The highest BCUT2D eigenvalue weighted by atomic mass is 16.1. The first-order valence-electron chi connectivity index (χ1n) is 8.18. The minimum absolute atomic E-state index is 0.361. The zero-order valence-corrected chi connectivity index (χ0v) is 14.1. The summed E-state index contributed by atoms with van der Waals surface area (Å²) in [5.74, 6) is -0.361. The van der Waals surface area contributed by atoms with Gasteiger partial charge in [0.05, 0.1) is 11.3 Å². The number of rotatable bonds is 5. The molecule has 2 aromatic carbocycles. The number of primary amides is 1. The SMILES string of the molecule is Cc1c(C(N)=O)c(C)n(CCc2ccccc2)c1-c1ccccc1. The summed E-state index contributed by atoms with van der Waals surface area (Å²) in [4.78, 5) is 11.9. The molecule has 3 rings (SSSR count). The third-order valence-corrected chi connectivity index (χ3v) is 4.53. The van der Waals surface area contributed by atoms with Crippen LogP contribution in [0.15, 0.2) is 60.7 Å². The van der Waals surface area contributed by atoms with Gasteiger partial charge in [-0.05, 0) is 37.0 Å². The van der Waals surface area contributed by atoms with Crippen molar-refractivity contribution in [3.8, 4) is 11.3 Å². The summed E-state index contributed by atoms with van der Waals surface area (Å²) in [5.41, 5.74) is 11.6. The Hall–Kier alpha value is -2.81. The Morgan fingerprint density at radius 1 is 0.958 bits per heavy atom. The van der Waals surface area contributed by atoms with E-state index in [4.69, 9.17) is 5.73 Å². The van der Waals surface area contributed by atoms with Crippen molar-refractivity contribution in [1.29, 1.82) is 0 Å². The van der Waals surface area contributed by atoms with Crippen molar-refractivity contribution in [2.24, 2.45) is 5.73 Å². The monoisotopic (exact) mass is 318 g/mol. The fourth-order valence-corrected chi connectivity index (χ4v) is 3.39. The maximum Gasteiger partial charge on any atom is 0.250 e. The molecule has 3 nitrogen and oxygen atoms in total. The van der Waals surface area contributed by atoms with E-state index >= 15 is 0 Å². The molecule has 3 heteroatoms. The Labute approximate surface area is 142 Å². The van der Waals surface area contributed by atoms with Gasteiger partial charge in [0, 0.05) is 12.2 Å². The lowest BCUT2D eigenvalue weighted by atomic mass is 10.0. The molecule has 0 aliphatic carbocycles. The predicted octanol–water partition coefficient (Wildman–Crippen LogP) is 4.11. The van der Waals surface area contributed by atoms with E-state index in [1.807, 2.05) is 38.1 Å². The first-order valence-corrected chi connectivity index (χ1v) is 8.18. The second-order valence-electron chi connectivity index (χ2n) is 6.05. The van der Waals surface area contributed by atoms with Crippen molar-refractivity contribution in [3.63, 3.8) is 0 Å². The zero-order valence-electron chi connectivity index (χ0n) is 14.1. The van der Waals surface area contributed by atoms with E-state index in [1.54, 1.807) is 0 Å². The molecule has 0 radical (unpaired) electrons. The van der Waals surface area contributed by atoms with Crippen LogP contribution in [0.5, 0.6) is 0 Å². The van der Waals surface area contributed by atoms with Crippen molar-refractivity contribution >= 4 is 5.91 Å². The van der Waals surface area contributed by atoms with Gasteiger partial charge in [0.15, 0.2) is 0 Å². The molecule has 122 valence electrons.